The number of aromatic hydroxyl groups is 4. The van der Waals surface area contributed by atoms with Crippen LogP contribution in [0.5, 0.6) is 40.2 Å². The molecule has 14 heteroatoms. The summed E-state index contributed by atoms with van der Waals surface area (Å²) in [5, 5.41) is 65.4. The van der Waals surface area contributed by atoms with Crippen molar-refractivity contribution in [2.24, 2.45) is 0 Å². The molecule has 2 aliphatic rings. The lowest BCUT2D eigenvalue weighted by molar-refractivity contribution is -0.112. The van der Waals surface area contributed by atoms with E-state index in [-0.39, 0.29) is 42.0 Å². The number of amides is 1. The van der Waals surface area contributed by atoms with Crippen LogP contribution in [0.25, 0.3) is 6.08 Å². The average molecular weight is 658 g/mol. The first-order chi connectivity index (χ1) is 21.9. The molecule has 244 valence electrons. The van der Waals surface area contributed by atoms with Crippen molar-refractivity contribution in [3.8, 4) is 40.2 Å². The molecule has 46 heavy (non-hydrogen) atoms. The predicted octanol–water partition coefficient (Wildman–Crippen LogP) is 3.92. The maximum absolute atomic E-state index is 12.8. The van der Waals surface area contributed by atoms with Crippen molar-refractivity contribution < 1.29 is 59.1 Å². The van der Waals surface area contributed by atoms with Crippen LogP contribution in [-0.2, 0) is 20.9 Å². The lowest BCUT2D eigenvalue weighted by Crippen LogP contribution is -2.35. The Morgan fingerprint density at radius 2 is 1.74 bits per heavy atom. The Bertz CT molecular complexity index is 1690. The first kappa shape index (κ1) is 32.7. The SMILES string of the molecule is CC(=Cc1ccc(O[C@@H]2O[C@H](C(C)=CCOCc3cccc(Cl)c3)[C@@H](O)[C@@H]2O)c(O)c1)C(=O)Nc1c(O)c(O)c2c(c1O)OCO2. The number of aliphatic hydroxyl groups is 2. The molecular weight excluding hydrogens is 626 g/mol. The second-order valence-electron chi connectivity index (χ2n) is 10.6. The summed E-state index contributed by atoms with van der Waals surface area (Å²) in [4.78, 5) is 12.8. The lowest BCUT2D eigenvalue weighted by atomic mass is 10.0. The van der Waals surface area contributed by atoms with Gasteiger partial charge in [0.15, 0.2) is 23.0 Å². The van der Waals surface area contributed by atoms with E-state index in [2.05, 4.69) is 5.32 Å². The number of ether oxygens (including phenoxy) is 5. The van der Waals surface area contributed by atoms with E-state index in [4.69, 9.17) is 35.3 Å². The molecule has 2 heterocycles. The van der Waals surface area contributed by atoms with Gasteiger partial charge >= 0.3 is 0 Å². The number of hydrogen-bond acceptors (Lipinski definition) is 12. The molecule has 5 rings (SSSR count). The van der Waals surface area contributed by atoms with E-state index in [1.807, 2.05) is 12.1 Å². The lowest BCUT2D eigenvalue weighted by Gasteiger charge is -2.18. The van der Waals surface area contributed by atoms with Crippen LogP contribution in [-0.4, -0.2) is 74.5 Å². The van der Waals surface area contributed by atoms with Gasteiger partial charge in [-0.3, -0.25) is 4.79 Å². The number of nitrogens with one attached hydrogen (secondary N) is 1. The van der Waals surface area contributed by atoms with Gasteiger partial charge in [0, 0.05) is 10.6 Å². The second kappa shape index (κ2) is 13.8. The Morgan fingerprint density at radius 1 is 1.00 bits per heavy atom. The van der Waals surface area contributed by atoms with E-state index in [1.165, 1.54) is 31.2 Å². The van der Waals surface area contributed by atoms with E-state index in [9.17, 15) is 35.4 Å². The first-order valence-electron chi connectivity index (χ1n) is 14.0. The molecule has 1 amide bonds. The zero-order valence-corrected chi connectivity index (χ0v) is 25.4. The van der Waals surface area contributed by atoms with E-state index in [0.717, 1.165) is 5.56 Å². The highest BCUT2D eigenvalue weighted by molar-refractivity contribution is 6.30. The molecule has 4 atom stereocenters. The molecule has 0 aliphatic carbocycles. The van der Waals surface area contributed by atoms with Crippen LogP contribution < -0.4 is 19.5 Å². The van der Waals surface area contributed by atoms with Crippen molar-refractivity contribution in [3.05, 3.63) is 75.8 Å². The third-order valence-electron chi connectivity index (χ3n) is 7.30. The van der Waals surface area contributed by atoms with Crippen LogP contribution in [0.1, 0.15) is 25.0 Å². The molecular formula is C32H32ClNO12. The third kappa shape index (κ3) is 6.93. The number of benzene rings is 3. The Kier molecular flexibility index (Phi) is 9.79. The first-order valence-corrected chi connectivity index (χ1v) is 14.4. The van der Waals surface area contributed by atoms with Gasteiger partial charge in [0.2, 0.25) is 30.3 Å². The minimum atomic E-state index is -1.42. The molecule has 13 nitrogen and oxygen atoms in total. The van der Waals surface area contributed by atoms with Crippen LogP contribution in [0.4, 0.5) is 5.69 Å². The summed E-state index contributed by atoms with van der Waals surface area (Å²) in [6.45, 7) is 3.43. The van der Waals surface area contributed by atoms with Crippen LogP contribution in [0.2, 0.25) is 5.02 Å². The molecule has 0 saturated carbocycles. The van der Waals surface area contributed by atoms with Crippen molar-refractivity contribution in [1.82, 2.24) is 0 Å². The largest absolute Gasteiger partial charge is 0.504 e. The number of phenolic OH excluding ortho intramolecular Hbond substituents is 4. The fraction of sp³-hybridized carbons (Fsp3) is 0.281. The number of halogens is 1. The van der Waals surface area contributed by atoms with Crippen LogP contribution >= 0.6 is 11.6 Å². The molecule has 3 aromatic carbocycles. The molecule has 0 unspecified atom stereocenters. The quantitative estimate of drug-likeness (QED) is 0.0546. The number of rotatable bonds is 10. The standard InChI is InChI=1S/C32H32ClNO12/c1-15(8-9-42-13-18-4-3-5-19(33)11-18)28-26(39)27(40)32(46-28)45-21-7-6-17(12-20(21)35)10-16(2)31(41)34-22-23(36)25(38)30-29(24(22)37)43-14-44-30/h3-8,10-12,26-28,32,35-40H,9,13-14H2,1-2H3,(H,34,41)/t26-,27-,28+,32+/m0/s1. The summed E-state index contributed by atoms with van der Waals surface area (Å²) < 4.78 is 27.2. The van der Waals surface area contributed by atoms with Crippen molar-refractivity contribution in [1.29, 1.82) is 0 Å². The number of carbonyl (C=O) groups excluding carboxylic acids is 1. The Balaban J connectivity index is 1.19. The molecule has 0 aromatic heterocycles. The van der Waals surface area contributed by atoms with Crippen molar-refractivity contribution in [2.75, 3.05) is 18.7 Å². The molecule has 0 radical (unpaired) electrons. The summed E-state index contributed by atoms with van der Waals surface area (Å²) in [6.07, 6.45) is -1.77. The summed E-state index contributed by atoms with van der Waals surface area (Å²) in [7, 11) is 0. The monoisotopic (exact) mass is 657 g/mol. The van der Waals surface area contributed by atoms with Gasteiger partial charge in [0.1, 0.15) is 24.0 Å². The number of carbonyl (C=O) groups is 1. The van der Waals surface area contributed by atoms with Gasteiger partial charge < -0.3 is 59.6 Å². The Morgan fingerprint density at radius 3 is 2.46 bits per heavy atom. The van der Waals surface area contributed by atoms with Crippen LogP contribution in [0.3, 0.4) is 0 Å². The fourth-order valence-corrected chi connectivity index (χ4v) is 5.02. The Labute approximate surface area is 268 Å². The van der Waals surface area contributed by atoms with Crippen LogP contribution in [0, 0.1) is 0 Å². The molecule has 3 aromatic rings. The Hall–Kier alpha value is -4.66. The second-order valence-corrected chi connectivity index (χ2v) is 11.0. The third-order valence-corrected chi connectivity index (χ3v) is 7.53. The maximum Gasteiger partial charge on any atom is 0.251 e. The average Bonchev–Trinajstić information content (AvgIpc) is 3.63. The van der Waals surface area contributed by atoms with Gasteiger partial charge in [0.25, 0.3) is 5.91 Å². The normalized spacial score (nSPS) is 21.0. The summed E-state index contributed by atoms with van der Waals surface area (Å²) in [6, 6.07) is 11.5. The van der Waals surface area contributed by atoms with E-state index in [0.29, 0.717) is 22.8 Å². The fourth-order valence-electron chi connectivity index (χ4n) is 4.81. The van der Waals surface area contributed by atoms with E-state index in [1.54, 1.807) is 25.1 Å². The predicted molar refractivity (Wildman–Crippen MR) is 164 cm³/mol. The van der Waals surface area contributed by atoms with Crippen molar-refractivity contribution in [3.63, 3.8) is 0 Å². The number of hydrogen-bond donors (Lipinski definition) is 7. The maximum atomic E-state index is 12.8. The molecule has 7 N–H and O–H groups in total. The zero-order valence-electron chi connectivity index (χ0n) is 24.6. The number of phenols is 4. The molecule has 1 fully saturated rings. The molecule has 2 aliphatic heterocycles. The van der Waals surface area contributed by atoms with Gasteiger partial charge in [-0.2, -0.15) is 0 Å². The van der Waals surface area contributed by atoms with Gasteiger partial charge in [0.05, 0.1) is 13.2 Å². The minimum absolute atomic E-state index is 0.0478. The van der Waals surface area contributed by atoms with Gasteiger partial charge in [-0.15, -0.1) is 0 Å². The van der Waals surface area contributed by atoms with E-state index < -0.39 is 53.4 Å². The highest BCUT2D eigenvalue weighted by atomic mass is 35.5. The van der Waals surface area contributed by atoms with Gasteiger partial charge in [-0.05, 0) is 60.9 Å². The van der Waals surface area contributed by atoms with Gasteiger partial charge in [-0.1, -0.05) is 35.9 Å². The van der Waals surface area contributed by atoms with E-state index >= 15 is 0 Å². The summed E-state index contributed by atoms with van der Waals surface area (Å²) in [5.74, 6) is -3.75. The van der Waals surface area contributed by atoms with Crippen LogP contribution in [0.15, 0.2) is 59.7 Å². The number of anilines is 1. The highest BCUT2D eigenvalue weighted by Gasteiger charge is 2.45. The van der Waals surface area contributed by atoms with Gasteiger partial charge in [-0.25, -0.2) is 0 Å². The molecule has 0 spiro atoms. The summed E-state index contributed by atoms with van der Waals surface area (Å²) in [5.41, 5.74) is 1.52. The molecule has 1 saturated heterocycles. The van der Waals surface area contributed by atoms with Crippen molar-refractivity contribution in [2.45, 2.75) is 45.1 Å². The smallest absolute Gasteiger partial charge is 0.251 e. The summed E-state index contributed by atoms with van der Waals surface area (Å²) >= 11 is 5.99. The minimum Gasteiger partial charge on any atom is -0.504 e. The topological polar surface area (TPSA) is 197 Å². The molecule has 0 bridgehead atoms. The number of fused-ring (bicyclic) bond motifs is 1. The highest BCUT2D eigenvalue weighted by Crippen LogP contribution is 2.56. The van der Waals surface area contributed by atoms with Crippen molar-refractivity contribution >= 4 is 29.3 Å². The zero-order chi connectivity index (χ0) is 33.1. The number of aliphatic hydroxyl groups excluding tert-OH is 2.